The van der Waals surface area contributed by atoms with Crippen molar-refractivity contribution in [1.29, 1.82) is 0 Å². The van der Waals surface area contributed by atoms with Crippen molar-refractivity contribution < 1.29 is 19.2 Å². The molecule has 1 N–H and O–H groups in total. The summed E-state index contributed by atoms with van der Waals surface area (Å²) in [5.41, 5.74) is 4.36. The SMILES string of the molecule is CCOc1cc(-c2cncc([C@@H]3COB(O)C3)c2C)ccc1OC. The van der Waals surface area contributed by atoms with E-state index in [2.05, 4.69) is 11.9 Å². The van der Waals surface area contributed by atoms with Crippen molar-refractivity contribution in [3.8, 4) is 22.6 Å². The number of methoxy groups -OCH3 is 1. The number of hydrogen-bond acceptors (Lipinski definition) is 5. The Balaban J connectivity index is 1.99. The van der Waals surface area contributed by atoms with Gasteiger partial charge in [-0.3, -0.25) is 4.98 Å². The second-order valence-electron chi connectivity index (χ2n) is 5.92. The highest BCUT2D eigenvalue weighted by Crippen LogP contribution is 2.37. The maximum atomic E-state index is 9.62. The van der Waals surface area contributed by atoms with Crippen LogP contribution in [0.3, 0.4) is 0 Å². The normalized spacial score (nSPS) is 17.2. The summed E-state index contributed by atoms with van der Waals surface area (Å²) < 4.78 is 16.3. The molecule has 1 fully saturated rings. The molecule has 24 heavy (non-hydrogen) atoms. The molecule has 5 nitrogen and oxygen atoms in total. The van der Waals surface area contributed by atoms with Gasteiger partial charge in [0.05, 0.1) is 13.7 Å². The largest absolute Gasteiger partial charge is 0.493 e. The van der Waals surface area contributed by atoms with Gasteiger partial charge in [-0.25, -0.2) is 0 Å². The smallest absolute Gasteiger partial charge is 0.454 e. The zero-order valence-electron chi connectivity index (χ0n) is 14.3. The van der Waals surface area contributed by atoms with Crippen LogP contribution in [0.15, 0.2) is 30.6 Å². The first-order chi connectivity index (χ1) is 11.6. The molecule has 2 aromatic rings. The Kier molecular flexibility index (Phi) is 5.07. The summed E-state index contributed by atoms with van der Waals surface area (Å²) in [5.74, 6) is 1.62. The second-order valence-corrected chi connectivity index (χ2v) is 5.92. The van der Waals surface area contributed by atoms with Crippen LogP contribution in [-0.2, 0) is 4.65 Å². The topological polar surface area (TPSA) is 60.8 Å². The predicted octanol–water partition coefficient (Wildman–Crippen LogP) is 3.06. The molecule has 6 heteroatoms. The van der Waals surface area contributed by atoms with Crippen LogP contribution in [0.4, 0.5) is 0 Å². The molecule has 1 aromatic heterocycles. The molecule has 1 atom stereocenters. The zero-order valence-corrected chi connectivity index (χ0v) is 14.3. The molecule has 0 unspecified atom stereocenters. The van der Waals surface area contributed by atoms with Crippen LogP contribution in [0.1, 0.15) is 24.0 Å². The van der Waals surface area contributed by atoms with Crippen molar-refractivity contribution in [3.63, 3.8) is 0 Å². The Hall–Kier alpha value is -2.05. The van der Waals surface area contributed by atoms with Gasteiger partial charge >= 0.3 is 7.12 Å². The maximum absolute atomic E-state index is 9.62. The number of benzene rings is 1. The molecule has 0 saturated carbocycles. The first-order valence-electron chi connectivity index (χ1n) is 8.19. The van der Waals surface area contributed by atoms with Crippen LogP contribution >= 0.6 is 0 Å². The highest BCUT2D eigenvalue weighted by atomic mass is 16.5. The summed E-state index contributed by atoms with van der Waals surface area (Å²) in [4.78, 5) is 4.40. The van der Waals surface area contributed by atoms with E-state index in [4.69, 9.17) is 14.1 Å². The maximum Gasteiger partial charge on any atom is 0.454 e. The summed E-state index contributed by atoms with van der Waals surface area (Å²) in [5, 5.41) is 9.62. The molecule has 1 aromatic carbocycles. The minimum Gasteiger partial charge on any atom is -0.493 e. The fraction of sp³-hybridized carbons (Fsp3) is 0.389. The van der Waals surface area contributed by atoms with Crippen molar-refractivity contribution >= 4 is 7.12 Å². The van der Waals surface area contributed by atoms with E-state index in [1.807, 2.05) is 37.5 Å². The van der Waals surface area contributed by atoms with Gasteiger partial charge in [-0.05, 0) is 49.0 Å². The molecular formula is C18H22BNO4. The molecule has 1 aliphatic heterocycles. The molecule has 0 radical (unpaired) electrons. The third-order valence-corrected chi connectivity index (χ3v) is 4.44. The summed E-state index contributed by atoms with van der Waals surface area (Å²) in [7, 11) is 0.958. The molecule has 0 amide bonds. The van der Waals surface area contributed by atoms with E-state index in [-0.39, 0.29) is 5.92 Å². The van der Waals surface area contributed by atoms with Gasteiger partial charge in [-0.2, -0.15) is 0 Å². The van der Waals surface area contributed by atoms with Gasteiger partial charge in [-0.1, -0.05) is 6.07 Å². The van der Waals surface area contributed by atoms with Gasteiger partial charge in [0.1, 0.15) is 0 Å². The molecule has 126 valence electrons. The lowest BCUT2D eigenvalue weighted by Crippen LogP contribution is -2.08. The standard InChI is InChI=1S/C18H22BNO4/c1-4-23-18-7-13(5-6-17(18)22-3)15-9-20-10-16(12(15)2)14-8-19(21)24-11-14/h5-7,9-10,14,21H,4,8,11H2,1-3H3/t14-/m0/s1. The van der Waals surface area contributed by atoms with E-state index in [0.717, 1.165) is 33.8 Å². The van der Waals surface area contributed by atoms with Crippen molar-refractivity contribution in [3.05, 3.63) is 41.7 Å². The van der Waals surface area contributed by atoms with Crippen LogP contribution in [0, 0.1) is 6.92 Å². The van der Waals surface area contributed by atoms with Gasteiger partial charge in [-0.15, -0.1) is 0 Å². The Morgan fingerprint density at radius 1 is 1.33 bits per heavy atom. The fourth-order valence-electron chi connectivity index (χ4n) is 3.18. The Bertz CT molecular complexity index is 722. The lowest BCUT2D eigenvalue weighted by atomic mass is 9.78. The van der Waals surface area contributed by atoms with E-state index in [9.17, 15) is 5.02 Å². The molecule has 0 bridgehead atoms. The predicted molar refractivity (Wildman–Crippen MR) is 93.6 cm³/mol. The number of pyridine rings is 1. The summed E-state index contributed by atoms with van der Waals surface area (Å²) in [6, 6.07) is 5.90. The summed E-state index contributed by atoms with van der Waals surface area (Å²) in [6.07, 6.45) is 4.35. The number of nitrogens with zero attached hydrogens (tertiary/aromatic N) is 1. The number of ether oxygens (including phenoxy) is 2. The van der Waals surface area contributed by atoms with E-state index in [1.54, 1.807) is 7.11 Å². The van der Waals surface area contributed by atoms with Crippen LogP contribution in [-0.4, -0.2) is 37.4 Å². The average Bonchev–Trinajstić information content (AvgIpc) is 3.01. The minimum absolute atomic E-state index is 0.178. The van der Waals surface area contributed by atoms with Crippen LogP contribution in [0.25, 0.3) is 11.1 Å². The molecule has 1 saturated heterocycles. The molecule has 0 aliphatic carbocycles. The Morgan fingerprint density at radius 2 is 2.17 bits per heavy atom. The zero-order chi connectivity index (χ0) is 17.1. The summed E-state index contributed by atoms with van der Waals surface area (Å²) >= 11 is 0. The molecular weight excluding hydrogens is 305 g/mol. The molecule has 2 heterocycles. The minimum atomic E-state index is -0.677. The van der Waals surface area contributed by atoms with Crippen molar-refractivity contribution in [2.24, 2.45) is 0 Å². The van der Waals surface area contributed by atoms with Crippen molar-refractivity contribution in [1.82, 2.24) is 4.98 Å². The molecule has 3 rings (SSSR count). The number of hydrogen-bond donors (Lipinski definition) is 1. The third kappa shape index (κ3) is 3.25. The van der Waals surface area contributed by atoms with Crippen molar-refractivity contribution in [2.45, 2.75) is 26.1 Å². The average molecular weight is 327 g/mol. The van der Waals surface area contributed by atoms with Crippen molar-refractivity contribution in [2.75, 3.05) is 20.3 Å². The van der Waals surface area contributed by atoms with Crippen LogP contribution in [0.2, 0.25) is 6.32 Å². The fourth-order valence-corrected chi connectivity index (χ4v) is 3.18. The van der Waals surface area contributed by atoms with Gasteiger partial charge in [0.2, 0.25) is 0 Å². The molecule has 0 spiro atoms. The first-order valence-corrected chi connectivity index (χ1v) is 8.19. The highest BCUT2D eigenvalue weighted by molar-refractivity contribution is 6.43. The monoisotopic (exact) mass is 327 g/mol. The third-order valence-electron chi connectivity index (χ3n) is 4.44. The van der Waals surface area contributed by atoms with Gasteiger partial charge in [0.25, 0.3) is 0 Å². The summed E-state index contributed by atoms with van der Waals surface area (Å²) in [6.45, 7) is 5.14. The van der Waals surface area contributed by atoms with E-state index >= 15 is 0 Å². The van der Waals surface area contributed by atoms with Gasteiger partial charge in [0.15, 0.2) is 11.5 Å². The van der Waals surface area contributed by atoms with E-state index < -0.39 is 7.12 Å². The molecule has 1 aliphatic rings. The Morgan fingerprint density at radius 3 is 2.83 bits per heavy atom. The van der Waals surface area contributed by atoms with E-state index in [0.29, 0.717) is 19.5 Å². The quantitative estimate of drug-likeness (QED) is 0.855. The highest BCUT2D eigenvalue weighted by Gasteiger charge is 2.31. The second kappa shape index (κ2) is 7.24. The van der Waals surface area contributed by atoms with Crippen LogP contribution < -0.4 is 9.47 Å². The van der Waals surface area contributed by atoms with E-state index in [1.165, 1.54) is 0 Å². The number of aromatic nitrogens is 1. The first kappa shape index (κ1) is 16.8. The van der Waals surface area contributed by atoms with Gasteiger partial charge in [0, 0.05) is 30.5 Å². The lowest BCUT2D eigenvalue weighted by molar-refractivity contribution is 0.292. The lowest BCUT2D eigenvalue weighted by Gasteiger charge is -2.16. The Labute approximate surface area is 142 Å². The van der Waals surface area contributed by atoms with Gasteiger partial charge < -0.3 is 19.2 Å². The van der Waals surface area contributed by atoms with Crippen LogP contribution in [0.5, 0.6) is 11.5 Å². The number of rotatable bonds is 5.